The zero-order valence-corrected chi connectivity index (χ0v) is 10.3. The molecule has 2 nitrogen and oxygen atoms in total. The molecule has 0 spiro atoms. The number of piperidine rings is 1. The Morgan fingerprint density at radius 1 is 1.20 bits per heavy atom. The number of hydrogen-bond donors (Lipinski definition) is 2. The van der Waals surface area contributed by atoms with E-state index in [9.17, 15) is 5.11 Å². The van der Waals surface area contributed by atoms with Crippen LogP contribution in [0.3, 0.4) is 0 Å². The maximum Gasteiger partial charge on any atom is 0.0558 e. The summed E-state index contributed by atoms with van der Waals surface area (Å²) in [5.74, 6) is 1.47. The number of hydrogen-bond acceptors (Lipinski definition) is 2. The van der Waals surface area contributed by atoms with E-state index < -0.39 is 0 Å². The lowest BCUT2D eigenvalue weighted by Gasteiger charge is -2.48. The van der Waals surface area contributed by atoms with Gasteiger partial charge in [-0.25, -0.2) is 0 Å². The molecule has 1 aliphatic heterocycles. The van der Waals surface area contributed by atoms with Gasteiger partial charge in [0.2, 0.25) is 0 Å². The lowest BCUT2D eigenvalue weighted by atomic mass is 9.62. The highest BCUT2D eigenvalue weighted by molar-refractivity contribution is 4.96. The Kier molecular flexibility index (Phi) is 3.09. The summed E-state index contributed by atoms with van der Waals surface area (Å²) >= 11 is 0. The summed E-state index contributed by atoms with van der Waals surface area (Å²) in [7, 11) is 0. The molecular formula is C13H25NO. The van der Waals surface area contributed by atoms with E-state index >= 15 is 0 Å². The van der Waals surface area contributed by atoms with E-state index in [1.165, 1.54) is 12.8 Å². The molecule has 2 heteroatoms. The van der Waals surface area contributed by atoms with E-state index in [-0.39, 0.29) is 6.10 Å². The summed E-state index contributed by atoms with van der Waals surface area (Å²) in [5.41, 5.74) is 0.337. The van der Waals surface area contributed by atoms with Gasteiger partial charge in [0, 0.05) is 6.04 Å². The minimum absolute atomic E-state index is 0.0823. The van der Waals surface area contributed by atoms with Crippen LogP contribution in [-0.4, -0.2) is 23.8 Å². The molecule has 0 aromatic heterocycles. The van der Waals surface area contributed by atoms with Crippen molar-refractivity contribution in [3.05, 3.63) is 0 Å². The Balaban J connectivity index is 2.13. The second-order valence-corrected chi connectivity index (χ2v) is 6.46. The molecule has 1 aliphatic carbocycles. The molecule has 0 aromatic carbocycles. The van der Waals surface area contributed by atoms with Crippen LogP contribution in [0.15, 0.2) is 0 Å². The van der Waals surface area contributed by atoms with Crippen molar-refractivity contribution in [3.63, 3.8) is 0 Å². The van der Waals surface area contributed by atoms with Gasteiger partial charge in [-0.05, 0) is 49.5 Å². The number of rotatable bonds is 0. The molecule has 2 rings (SSSR count). The van der Waals surface area contributed by atoms with Crippen LogP contribution in [-0.2, 0) is 0 Å². The van der Waals surface area contributed by atoms with Gasteiger partial charge in [-0.2, -0.15) is 0 Å². The van der Waals surface area contributed by atoms with E-state index in [1.54, 1.807) is 0 Å². The molecule has 4 atom stereocenters. The fraction of sp³-hybridized carbons (Fsp3) is 1.00. The Labute approximate surface area is 93.5 Å². The first-order valence-electron chi connectivity index (χ1n) is 6.40. The Morgan fingerprint density at radius 2 is 1.93 bits per heavy atom. The molecule has 1 heterocycles. The van der Waals surface area contributed by atoms with Gasteiger partial charge in [-0.15, -0.1) is 0 Å². The van der Waals surface area contributed by atoms with E-state index in [2.05, 4.69) is 26.1 Å². The van der Waals surface area contributed by atoms with Crippen molar-refractivity contribution in [1.29, 1.82) is 0 Å². The predicted molar refractivity (Wildman–Crippen MR) is 62.7 cm³/mol. The summed E-state index contributed by atoms with van der Waals surface area (Å²) in [6, 6.07) is 0.576. The van der Waals surface area contributed by atoms with E-state index in [4.69, 9.17) is 0 Å². The first-order chi connectivity index (χ1) is 6.98. The normalized spacial score (nSPS) is 42.4. The van der Waals surface area contributed by atoms with Crippen molar-refractivity contribution in [3.8, 4) is 0 Å². The third kappa shape index (κ3) is 2.36. The second kappa shape index (κ2) is 4.06. The second-order valence-electron chi connectivity index (χ2n) is 6.46. The fourth-order valence-corrected chi connectivity index (χ4v) is 3.57. The molecule has 1 saturated heterocycles. The molecule has 2 aliphatic rings. The average Bonchev–Trinajstić information content (AvgIpc) is 2.15. The zero-order chi connectivity index (χ0) is 11.1. The molecule has 4 unspecified atom stereocenters. The number of aliphatic hydroxyl groups excluding tert-OH is 1. The Hall–Kier alpha value is -0.0800. The van der Waals surface area contributed by atoms with Crippen molar-refractivity contribution in [2.75, 3.05) is 6.54 Å². The van der Waals surface area contributed by atoms with E-state index in [0.717, 1.165) is 25.3 Å². The van der Waals surface area contributed by atoms with Gasteiger partial charge in [0.1, 0.15) is 0 Å². The highest BCUT2D eigenvalue weighted by atomic mass is 16.3. The fourth-order valence-electron chi connectivity index (χ4n) is 3.57. The third-order valence-electron chi connectivity index (χ3n) is 4.32. The van der Waals surface area contributed by atoms with Gasteiger partial charge in [0.05, 0.1) is 6.10 Å². The quantitative estimate of drug-likeness (QED) is 0.643. The van der Waals surface area contributed by atoms with Crippen molar-refractivity contribution in [2.24, 2.45) is 17.3 Å². The molecule has 0 aromatic rings. The monoisotopic (exact) mass is 211 g/mol. The van der Waals surface area contributed by atoms with Crippen LogP contribution in [0.5, 0.6) is 0 Å². The van der Waals surface area contributed by atoms with Gasteiger partial charge >= 0.3 is 0 Å². The largest absolute Gasteiger partial charge is 0.393 e. The van der Waals surface area contributed by atoms with E-state index in [1.807, 2.05) is 0 Å². The third-order valence-corrected chi connectivity index (χ3v) is 4.32. The van der Waals surface area contributed by atoms with E-state index in [0.29, 0.717) is 17.4 Å². The molecule has 0 bridgehead atoms. The van der Waals surface area contributed by atoms with Gasteiger partial charge < -0.3 is 10.4 Å². The molecule has 1 saturated carbocycles. The molecule has 2 N–H and O–H groups in total. The highest BCUT2D eigenvalue weighted by Crippen LogP contribution is 2.44. The summed E-state index contributed by atoms with van der Waals surface area (Å²) in [6.07, 6.45) is 4.56. The molecule has 0 amide bonds. The number of fused-ring (bicyclic) bond motifs is 1. The standard InChI is InChI=1S/C13H25NO/c1-13(2,3)11-7-9(15)8-12-10(11)5-4-6-14-12/h9-12,14-15H,4-8H2,1-3H3. The van der Waals surface area contributed by atoms with Gasteiger partial charge in [-0.1, -0.05) is 20.8 Å². The number of nitrogens with one attached hydrogen (secondary N) is 1. The Morgan fingerprint density at radius 3 is 2.60 bits per heavy atom. The van der Waals surface area contributed by atoms with Crippen LogP contribution in [0.2, 0.25) is 0 Å². The molecule has 15 heavy (non-hydrogen) atoms. The summed E-state index contributed by atoms with van der Waals surface area (Å²) < 4.78 is 0. The van der Waals surface area contributed by atoms with Crippen molar-refractivity contribution >= 4 is 0 Å². The summed E-state index contributed by atoms with van der Waals surface area (Å²) in [5, 5.41) is 13.5. The SMILES string of the molecule is CC(C)(C)C1CC(O)CC2NCCCC21. The van der Waals surface area contributed by atoms with Crippen molar-refractivity contribution in [1.82, 2.24) is 5.32 Å². The first kappa shape index (κ1) is 11.4. The van der Waals surface area contributed by atoms with Crippen LogP contribution in [0.4, 0.5) is 0 Å². The number of aliphatic hydroxyl groups is 1. The van der Waals surface area contributed by atoms with Crippen LogP contribution < -0.4 is 5.32 Å². The predicted octanol–water partition coefficient (Wildman–Crippen LogP) is 2.17. The van der Waals surface area contributed by atoms with Gasteiger partial charge in [0.15, 0.2) is 0 Å². The van der Waals surface area contributed by atoms with Crippen LogP contribution in [0.25, 0.3) is 0 Å². The lowest BCUT2D eigenvalue weighted by Crippen LogP contribution is -2.52. The minimum atomic E-state index is -0.0823. The zero-order valence-electron chi connectivity index (χ0n) is 10.3. The molecule has 0 radical (unpaired) electrons. The first-order valence-corrected chi connectivity index (χ1v) is 6.40. The van der Waals surface area contributed by atoms with Crippen molar-refractivity contribution in [2.45, 2.75) is 58.6 Å². The molecular weight excluding hydrogens is 186 g/mol. The van der Waals surface area contributed by atoms with Crippen LogP contribution in [0.1, 0.15) is 46.5 Å². The average molecular weight is 211 g/mol. The summed E-state index contributed by atoms with van der Waals surface area (Å²) in [4.78, 5) is 0. The highest BCUT2D eigenvalue weighted by Gasteiger charge is 2.43. The lowest BCUT2D eigenvalue weighted by molar-refractivity contribution is -0.0149. The van der Waals surface area contributed by atoms with Gasteiger partial charge in [0.25, 0.3) is 0 Å². The Bertz CT molecular complexity index is 221. The summed E-state index contributed by atoms with van der Waals surface area (Å²) in [6.45, 7) is 8.11. The molecule has 88 valence electrons. The van der Waals surface area contributed by atoms with Crippen LogP contribution in [0, 0.1) is 17.3 Å². The maximum absolute atomic E-state index is 9.94. The van der Waals surface area contributed by atoms with Crippen molar-refractivity contribution < 1.29 is 5.11 Å². The minimum Gasteiger partial charge on any atom is -0.393 e. The smallest absolute Gasteiger partial charge is 0.0558 e. The topological polar surface area (TPSA) is 32.3 Å². The van der Waals surface area contributed by atoms with Crippen LogP contribution >= 0.6 is 0 Å². The van der Waals surface area contributed by atoms with Gasteiger partial charge in [-0.3, -0.25) is 0 Å². The maximum atomic E-state index is 9.94. The molecule has 2 fully saturated rings.